The van der Waals surface area contributed by atoms with Crippen LogP contribution in [0.5, 0.6) is 11.5 Å². The Morgan fingerprint density at radius 3 is 2.66 bits per heavy atom. The second-order valence-electron chi connectivity index (χ2n) is 10.2. The standard InChI is InChI=1S/C31H40BrN5O3S/c1-7-9-11-15-40-28-23(32)17-22(18-25(28)39-6)27-26(29(38)34-24-14-12-13-19(3)20(24)4)21(5)33-30-35-31(36-37(27)30)41-16-10-8-2/h12-14,17-18,27H,7-11,15-16H2,1-6H3,(H,34,38)(H,33,35,36). The summed E-state index contributed by atoms with van der Waals surface area (Å²) >= 11 is 5.34. The van der Waals surface area contributed by atoms with Crippen LogP contribution >= 0.6 is 27.7 Å². The molecule has 41 heavy (non-hydrogen) atoms. The summed E-state index contributed by atoms with van der Waals surface area (Å²) in [6.45, 7) is 10.9. The molecule has 0 fully saturated rings. The Morgan fingerprint density at radius 1 is 1.15 bits per heavy atom. The van der Waals surface area contributed by atoms with E-state index in [9.17, 15) is 4.79 Å². The molecular formula is C31H40BrN5O3S. The van der Waals surface area contributed by atoms with Crippen LogP contribution in [0.2, 0.25) is 0 Å². The van der Waals surface area contributed by atoms with E-state index in [-0.39, 0.29) is 5.91 Å². The van der Waals surface area contributed by atoms with Gasteiger partial charge in [-0.25, -0.2) is 4.68 Å². The van der Waals surface area contributed by atoms with Gasteiger partial charge in [-0.2, -0.15) is 4.98 Å². The molecule has 2 N–H and O–H groups in total. The first-order valence-corrected chi connectivity index (χ1v) is 16.0. The van der Waals surface area contributed by atoms with Gasteiger partial charge < -0.3 is 20.1 Å². The number of rotatable bonds is 13. The number of methoxy groups -OCH3 is 1. The largest absolute Gasteiger partial charge is 0.493 e. The molecule has 0 radical (unpaired) electrons. The second-order valence-corrected chi connectivity index (χ2v) is 12.1. The number of ether oxygens (including phenoxy) is 2. The number of amides is 1. The fourth-order valence-electron chi connectivity index (χ4n) is 4.74. The molecule has 2 heterocycles. The predicted octanol–water partition coefficient (Wildman–Crippen LogP) is 8.05. The van der Waals surface area contributed by atoms with Crippen molar-refractivity contribution in [1.29, 1.82) is 0 Å². The molecule has 1 atom stereocenters. The number of anilines is 2. The minimum atomic E-state index is -0.538. The van der Waals surface area contributed by atoms with Gasteiger partial charge in [-0.15, -0.1) is 5.10 Å². The topological polar surface area (TPSA) is 90.3 Å². The number of carbonyl (C=O) groups is 1. The predicted molar refractivity (Wildman–Crippen MR) is 170 cm³/mol. The van der Waals surface area contributed by atoms with Crippen LogP contribution in [0.3, 0.4) is 0 Å². The van der Waals surface area contributed by atoms with Crippen molar-refractivity contribution in [3.05, 3.63) is 62.8 Å². The van der Waals surface area contributed by atoms with Crippen molar-refractivity contribution in [2.24, 2.45) is 0 Å². The SMILES string of the molecule is CCCCCOc1c(Br)cc(C2C(C(=O)Nc3cccc(C)c3C)=C(C)Nc3nc(SCCCC)nn32)cc1OC. The molecule has 1 unspecified atom stereocenters. The number of nitrogens with zero attached hydrogens (tertiary/aromatic N) is 3. The molecule has 3 aromatic rings. The van der Waals surface area contributed by atoms with Crippen molar-refractivity contribution < 1.29 is 14.3 Å². The minimum absolute atomic E-state index is 0.204. The molecule has 0 saturated heterocycles. The second kappa shape index (κ2) is 14.3. The first kappa shape index (κ1) is 31.0. The number of unbranched alkanes of at least 4 members (excludes halogenated alkanes) is 3. The van der Waals surface area contributed by atoms with Crippen LogP contribution in [0.4, 0.5) is 11.6 Å². The maximum Gasteiger partial charge on any atom is 0.255 e. The summed E-state index contributed by atoms with van der Waals surface area (Å²) < 4.78 is 14.5. The number of allylic oxidation sites excluding steroid dienone is 1. The first-order chi connectivity index (χ1) is 19.8. The Labute approximate surface area is 255 Å². The summed E-state index contributed by atoms with van der Waals surface area (Å²) in [5.41, 5.74) is 5.03. The van der Waals surface area contributed by atoms with Gasteiger partial charge in [0, 0.05) is 17.1 Å². The lowest BCUT2D eigenvalue weighted by atomic mass is 9.94. The highest BCUT2D eigenvalue weighted by atomic mass is 79.9. The van der Waals surface area contributed by atoms with Crippen molar-refractivity contribution in [3.8, 4) is 11.5 Å². The zero-order valence-electron chi connectivity index (χ0n) is 24.8. The van der Waals surface area contributed by atoms with Gasteiger partial charge in [-0.1, -0.05) is 57.0 Å². The normalized spacial score (nSPS) is 14.5. The summed E-state index contributed by atoms with van der Waals surface area (Å²) in [6, 6.07) is 9.30. The van der Waals surface area contributed by atoms with Gasteiger partial charge in [0.15, 0.2) is 11.5 Å². The number of fused-ring (bicyclic) bond motifs is 1. The fraction of sp³-hybridized carbons (Fsp3) is 0.452. The Kier molecular flexibility index (Phi) is 10.8. The molecule has 0 bridgehead atoms. The zero-order chi connectivity index (χ0) is 29.5. The number of hydrogen-bond donors (Lipinski definition) is 2. The summed E-state index contributed by atoms with van der Waals surface area (Å²) in [5, 5.41) is 12.0. The van der Waals surface area contributed by atoms with Gasteiger partial charge in [-0.05, 0) is 84.4 Å². The zero-order valence-corrected chi connectivity index (χ0v) is 27.2. The van der Waals surface area contributed by atoms with Gasteiger partial charge in [0.1, 0.15) is 6.04 Å². The maximum absolute atomic E-state index is 14.0. The van der Waals surface area contributed by atoms with Gasteiger partial charge in [0.2, 0.25) is 11.1 Å². The molecule has 1 aromatic heterocycles. The minimum Gasteiger partial charge on any atom is -0.493 e. The third-order valence-electron chi connectivity index (χ3n) is 7.22. The third kappa shape index (κ3) is 7.09. The van der Waals surface area contributed by atoms with Crippen LogP contribution < -0.4 is 20.1 Å². The quantitative estimate of drug-likeness (QED) is 0.144. The van der Waals surface area contributed by atoms with Gasteiger partial charge in [0.25, 0.3) is 5.91 Å². The average Bonchev–Trinajstić information content (AvgIpc) is 3.35. The molecule has 4 rings (SSSR count). The number of thioether (sulfide) groups is 1. The monoisotopic (exact) mass is 641 g/mol. The van der Waals surface area contributed by atoms with E-state index in [1.807, 2.05) is 55.8 Å². The van der Waals surface area contributed by atoms with Gasteiger partial charge in [-0.3, -0.25) is 4.79 Å². The van der Waals surface area contributed by atoms with Gasteiger partial charge in [0.05, 0.1) is 23.8 Å². The number of nitrogens with one attached hydrogen (secondary N) is 2. The fourth-order valence-corrected chi connectivity index (χ4v) is 6.23. The van der Waals surface area contributed by atoms with E-state index < -0.39 is 6.04 Å². The molecule has 0 saturated carbocycles. The van der Waals surface area contributed by atoms with Crippen molar-refractivity contribution in [2.45, 2.75) is 77.9 Å². The maximum atomic E-state index is 14.0. The van der Waals surface area contributed by atoms with Gasteiger partial charge >= 0.3 is 0 Å². The van der Waals surface area contributed by atoms with E-state index >= 15 is 0 Å². The molecule has 1 amide bonds. The number of benzene rings is 2. The molecule has 8 nitrogen and oxygen atoms in total. The van der Waals surface area contributed by atoms with Crippen LogP contribution in [0, 0.1) is 13.8 Å². The lowest BCUT2D eigenvalue weighted by Crippen LogP contribution is -2.31. The number of hydrogen-bond acceptors (Lipinski definition) is 7. The third-order valence-corrected chi connectivity index (χ3v) is 8.73. The molecule has 1 aliphatic heterocycles. The Morgan fingerprint density at radius 2 is 1.93 bits per heavy atom. The average molecular weight is 643 g/mol. The summed E-state index contributed by atoms with van der Waals surface area (Å²) in [5.74, 6) is 2.57. The van der Waals surface area contributed by atoms with E-state index in [2.05, 4.69) is 40.4 Å². The summed E-state index contributed by atoms with van der Waals surface area (Å²) in [6.07, 6.45) is 5.37. The van der Waals surface area contributed by atoms with Crippen LogP contribution in [0.1, 0.15) is 75.6 Å². The smallest absolute Gasteiger partial charge is 0.255 e. The first-order valence-electron chi connectivity index (χ1n) is 14.2. The van der Waals surface area contributed by atoms with E-state index in [0.29, 0.717) is 34.8 Å². The Balaban J connectivity index is 1.77. The van der Waals surface area contributed by atoms with Crippen molar-refractivity contribution in [1.82, 2.24) is 14.8 Å². The highest BCUT2D eigenvalue weighted by molar-refractivity contribution is 9.10. The van der Waals surface area contributed by atoms with Crippen LogP contribution in [0.25, 0.3) is 0 Å². The number of halogens is 1. The molecule has 2 aromatic carbocycles. The summed E-state index contributed by atoms with van der Waals surface area (Å²) in [4.78, 5) is 18.8. The molecule has 1 aliphatic rings. The Hall–Kier alpha value is -2.98. The number of aryl methyl sites for hydroxylation is 1. The molecule has 0 aliphatic carbocycles. The molecule has 220 valence electrons. The van der Waals surface area contributed by atoms with Crippen LogP contribution in [-0.2, 0) is 4.79 Å². The molecular weight excluding hydrogens is 602 g/mol. The van der Waals surface area contributed by atoms with Crippen molar-refractivity contribution >= 4 is 45.2 Å². The highest BCUT2D eigenvalue weighted by Gasteiger charge is 2.35. The molecule has 0 spiro atoms. The molecule has 10 heteroatoms. The van der Waals surface area contributed by atoms with Crippen molar-refractivity contribution in [3.63, 3.8) is 0 Å². The lowest BCUT2D eigenvalue weighted by Gasteiger charge is -2.29. The van der Waals surface area contributed by atoms with E-state index in [4.69, 9.17) is 19.6 Å². The van der Waals surface area contributed by atoms with Crippen molar-refractivity contribution in [2.75, 3.05) is 30.1 Å². The number of aromatic nitrogens is 3. The van der Waals surface area contributed by atoms with Crippen LogP contribution in [-0.4, -0.2) is 40.1 Å². The van der Waals surface area contributed by atoms with E-state index in [0.717, 1.165) is 70.4 Å². The lowest BCUT2D eigenvalue weighted by molar-refractivity contribution is -0.113. The van der Waals surface area contributed by atoms with E-state index in [1.165, 1.54) is 0 Å². The highest BCUT2D eigenvalue weighted by Crippen LogP contribution is 2.43. The number of carbonyl (C=O) groups excluding carboxylic acids is 1. The Bertz CT molecular complexity index is 1420. The van der Waals surface area contributed by atoms with E-state index in [1.54, 1.807) is 18.9 Å². The summed E-state index contributed by atoms with van der Waals surface area (Å²) in [7, 11) is 1.63. The van der Waals surface area contributed by atoms with Crippen LogP contribution in [0.15, 0.2) is 51.2 Å².